The fourth-order valence-corrected chi connectivity index (χ4v) is 1.72. The lowest BCUT2D eigenvalue weighted by molar-refractivity contribution is 0.303. The molecule has 0 aliphatic carbocycles. The van der Waals surface area contributed by atoms with Crippen LogP contribution in [0.4, 0.5) is 5.95 Å². The van der Waals surface area contributed by atoms with Gasteiger partial charge in [0.2, 0.25) is 5.95 Å². The van der Waals surface area contributed by atoms with Gasteiger partial charge in [0, 0.05) is 22.5 Å². The minimum atomic E-state index is 0.722. The van der Waals surface area contributed by atoms with Gasteiger partial charge in [0.15, 0.2) is 0 Å². The number of anilines is 1. The molecule has 1 aromatic rings. The maximum atomic E-state index is 4.19. The molecule has 0 aliphatic heterocycles. The fraction of sp³-hybridized carbons (Fsp3) is 0.636. The van der Waals surface area contributed by atoms with E-state index in [0.29, 0.717) is 0 Å². The molecule has 16 heavy (non-hydrogen) atoms. The van der Waals surface area contributed by atoms with E-state index in [9.17, 15) is 0 Å². The Morgan fingerprint density at radius 2 is 1.88 bits per heavy atom. The van der Waals surface area contributed by atoms with Crippen LogP contribution in [0.2, 0.25) is 0 Å². The van der Waals surface area contributed by atoms with Crippen LogP contribution in [0.5, 0.6) is 0 Å². The number of rotatable bonds is 7. The van der Waals surface area contributed by atoms with Crippen molar-refractivity contribution in [2.24, 2.45) is 0 Å². The molecule has 0 atom stereocenters. The van der Waals surface area contributed by atoms with Crippen LogP contribution in [0.3, 0.4) is 0 Å². The van der Waals surface area contributed by atoms with E-state index in [1.54, 1.807) is 0 Å². The quantitative estimate of drug-likeness (QED) is 0.613. The molecule has 0 radical (unpaired) electrons. The van der Waals surface area contributed by atoms with Crippen molar-refractivity contribution in [1.82, 2.24) is 14.9 Å². The van der Waals surface area contributed by atoms with Gasteiger partial charge < -0.3 is 10.2 Å². The summed E-state index contributed by atoms with van der Waals surface area (Å²) in [6.07, 6.45) is 4.76. The first-order chi connectivity index (χ1) is 7.76. The maximum Gasteiger partial charge on any atom is 0.222 e. The minimum absolute atomic E-state index is 0.722. The molecule has 1 N–H and O–H groups in total. The minimum Gasteiger partial charge on any atom is -0.354 e. The lowest BCUT2D eigenvalue weighted by Gasteiger charge is -2.17. The predicted octanol–water partition coefficient (Wildman–Crippen LogP) is 2.22. The smallest absolute Gasteiger partial charge is 0.222 e. The van der Waals surface area contributed by atoms with E-state index in [1.165, 1.54) is 0 Å². The van der Waals surface area contributed by atoms with Crippen molar-refractivity contribution in [3.05, 3.63) is 16.0 Å². The van der Waals surface area contributed by atoms with Crippen LogP contribution in [0.15, 0.2) is 12.4 Å². The van der Waals surface area contributed by atoms with Crippen LogP contribution in [-0.2, 0) is 0 Å². The normalized spacial score (nSPS) is 10.8. The number of hydrogen-bond acceptors (Lipinski definition) is 4. The Balaban J connectivity index is 2.18. The highest BCUT2D eigenvalue weighted by molar-refractivity contribution is 14.1. The zero-order valence-electron chi connectivity index (χ0n) is 9.91. The first-order valence-electron chi connectivity index (χ1n) is 5.70. The summed E-state index contributed by atoms with van der Waals surface area (Å²) in [4.78, 5) is 10.8. The summed E-state index contributed by atoms with van der Waals surface area (Å²) in [7, 11) is 0. The van der Waals surface area contributed by atoms with Crippen LogP contribution in [0.1, 0.15) is 20.3 Å². The van der Waals surface area contributed by atoms with Gasteiger partial charge in [-0.05, 0) is 48.6 Å². The van der Waals surface area contributed by atoms with Crippen molar-refractivity contribution in [3.8, 4) is 0 Å². The predicted molar refractivity (Wildman–Crippen MR) is 75.6 cm³/mol. The second-order valence-corrected chi connectivity index (χ2v) is 4.78. The number of hydrogen-bond donors (Lipinski definition) is 1. The average molecular weight is 334 g/mol. The summed E-state index contributed by atoms with van der Waals surface area (Å²) in [6, 6.07) is 0. The van der Waals surface area contributed by atoms with Crippen molar-refractivity contribution < 1.29 is 0 Å². The van der Waals surface area contributed by atoms with E-state index in [1.807, 2.05) is 12.4 Å². The second kappa shape index (κ2) is 7.78. The molecular weight excluding hydrogens is 315 g/mol. The summed E-state index contributed by atoms with van der Waals surface area (Å²) in [5.41, 5.74) is 0. The largest absolute Gasteiger partial charge is 0.354 e. The third kappa shape index (κ3) is 5.07. The number of aromatic nitrogens is 2. The number of nitrogens with zero attached hydrogens (tertiary/aromatic N) is 3. The van der Waals surface area contributed by atoms with E-state index >= 15 is 0 Å². The number of halogens is 1. The lowest BCUT2D eigenvalue weighted by Crippen LogP contribution is -2.25. The van der Waals surface area contributed by atoms with Crippen LogP contribution in [0.25, 0.3) is 0 Å². The lowest BCUT2D eigenvalue weighted by atomic mass is 10.3. The topological polar surface area (TPSA) is 41.0 Å². The molecule has 0 amide bonds. The van der Waals surface area contributed by atoms with E-state index in [0.717, 1.165) is 42.1 Å². The molecule has 1 aromatic heterocycles. The Morgan fingerprint density at radius 1 is 1.25 bits per heavy atom. The zero-order valence-corrected chi connectivity index (χ0v) is 12.1. The molecule has 0 fully saturated rings. The molecule has 4 nitrogen and oxygen atoms in total. The van der Waals surface area contributed by atoms with Gasteiger partial charge in [-0.25, -0.2) is 9.97 Å². The van der Waals surface area contributed by atoms with Crippen LogP contribution in [0, 0.1) is 3.57 Å². The molecule has 0 saturated carbocycles. The second-order valence-electron chi connectivity index (χ2n) is 3.53. The van der Waals surface area contributed by atoms with Crippen LogP contribution in [-0.4, -0.2) is 41.0 Å². The van der Waals surface area contributed by atoms with Crippen LogP contribution >= 0.6 is 22.6 Å². The van der Waals surface area contributed by atoms with E-state index in [4.69, 9.17) is 0 Å². The molecule has 1 heterocycles. The van der Waals surface area contributed by atoms with Crippen molar-refractivity contribution in [3.63, 3.8) is 0 Å². The molecule has 0 aromatic carbocycles. The Hall–Kier alpha value is -0.430. The maximum absolute atomic E-state index is 4.19. The Kier molecular flexibility index (Phi) is 6.63. The standard InChI is InChI=1S/C11H19IN4/c1-3-16(4-2)7-5-6-13-11-14-8-10(12)9-15-11/h8-9H,3-7H2,1-2H3,(H,13,14,15). The summed E-state index contributed by atoms with van der Waals surface area (Å²) < 4.78 is 1.06. The molecule has 0 spiro atoms. The number of nitrogens with one attached hydrogen (secondary N) is 1. The van der Waals surface area contributed by atoms with Gasteiger partial charge in [-0.2, -0.15) is 0 Å². The molecule has 0 aliphatic rings. The van der Waals surface area contributed by atoms with Gasteiger partial charge in [-0.3, -0.25) is 0 Å². The van der Waals surface area contributed by atoms with Gasteiger partial charge in [0.25, 0.3) is 0 Å². The highest BCUT2D eigenvalue weighted by Gasteiger charge is 1.99. The zero-order chi connectivity index (χ0) is 11.8. The molecule has 5 heteroatoms. The third-order valence-corrected chi connectivity index (χ3v) is 3.01. The Bertz CT molecular complexity index is 285. The van der Waals surface area contributed by atoms with Gasteiger partial charge in [0.1, 0.15) is 0 Å². The van der Waals surface area contributed by atoms with Gasteiger partial charge >= 0.3 is 0 Å². The van der Waals surface area contributed by atoms with Crippen molar-refractivity contribution >= 4 is 28.5 Å². The van der Waals surface area contributed by atoms with Gasteiger partial charge in [0.05, 0.1) is 0 Å². The summed E-state index contributed by atoms with van der Waals surface area (Å²) in [5, 5.41) is 3.22. The Morgan fingerprint density at radius 3 is 2.44 bits per heavy atom. The van der Waals surface area contributed by atoms with Gasteiger partial charge in [-0.1, -0.05) is 13.8 Å². The van der Waals surface area contributed by atoms with E-state index < -0.39 is 0 Å². The SMILES string of the molecule is CCN(CC)CCCNc1ncc(I)cn1. The van der Waals surface area contributed by atoms with Crippen LogP contribution < -0.4 is 5.32 Å². The Labute approximate surface area is 111 Å². The van der Waals surface area contributed by atoms with Crippen molar-refractivity contribution in [2.45, 2.75) is 20.3 Å². The summed E-state index contributed by atoms with van der Waals surface area (Å²) in [6.45, 7) is 8.69. The monoisotopic (exact) mass is 334 g/mol. The summed E-state index contributed by atoms with van der Waals surface area (Å²) in [5.74, 6) is 0.722. The highest BCUT2D eigenvalue weighted by Crippen LogP contribution is 2.02. The van der Waals surface area contributed by atoms with E-state index in [2.05, 4.69) is 56.6 Å². The molecule has 0 bridgehead atoms. The van der Waals surface area contributed by atoms with Gasteiger partial charge in [-0.15, -0.1) is 0 Å². The molecule has 90 valence electrons. The average Bonchev–Trinajstić information content (AvgIpc) is 2.32. The van der Waals surface area contributed by atoms with Crippen molar-refractivity contribution in [2.75, 3.05) is 31.5 Å². The molecular formula is C11H19IN4. The van der Waals surface area contributed by atoms with E-state index in [-0.39, 0.29) is 0 Å². The fourth-order valence-electron chi connectivity index (χ4n) is 1.45. The third-order valence-electron chi connectivity index (χ3n) is 2.45. The molecule has 1 rings (SSSR count). The molecule has 0 saturated heterocycles. The highest BCUT2D eigenvalue weighted by atomic mass is 127. The van der Waals surface area contributed by atoms with Crippen molar-refractivity contribution in [1.29, 1.82) is 0 Å². The first-order valence-corrected chi connectivity index (χ1v) is 6.78. The first kappa shape index (κ1) is 13.6. The summed E-state index contributed by atoms with van der Waals surface area (Å²) >= 11 is 2.20. The molecule has 0 unspecified atom stereocenters.